The molecule has 2 N–H and O–H groups in total. The van der Waals surface area contributed by atoms with Crippen LogP contribution in [0.3, 0.4) is 0 Å². The average molecular weight is 257 g/mol. The highest BCUT2D eigenvalue weighted by Crippen LogP contribution is 2.36. The summed E-state index contributed by atoms with van der Waals surface area (Å²) in [4.78, 5) is 0. The van der Waals surface area contributed by atoms with Gasteiger partial charge in [0.2, 0.25) is 0 Å². The topological polar surface area (TPSA) is 35.2 Å². The second-order valence-corrected chi connectivity index (χ2v) is 4.79. The summed E-state index contributed by atoms with van der Waals surface area (Å²) in [6.45, 7) is 0.629. The first-order chi connectivity index (χ1) is 9.27. The summed E-state index contributed by atoms with van der Waals surface area (Å²) < 4.78 is 19.6. The Morgan fingerprint density at radius 1 is 1.11 bits per heavy atom. The number of ether oxygens (including phenoxy) is 1. The molecule has 0 amide bonds. The van der Waals surface area contributed by atoms with E-state index >= 15 is 0 Å². The minimum absolute atomic E-state index is 0.276. The fraction of sp³-hybridized carbons (Fsp3) is 0.250. The van der Waals surface area contributed by atoms with E-state index in [1.54, 1.807) is 18.2 Å². The highest BCUT2D eigenvalue weighted by Gasteiger charge is 2.28. The molecule has 2 aromatic carbocycles. The summed E-state index contributed by atoms with van der Waals surface area (Å²) in [5, 5.41) is 0. The van der Waals surface area contributed by atoms with Gasteiger partial charge in [0, 0.05) is 5.56 Å². The molecule has 19 heavy (non-hydrogen) atoms. The predicted molar refractivity (Wildman–Crippen MR) is 72.2 cm³/mol. The zero-order valence-corrected chi connectivity index (χ0v) is 10.6. The van der Waals surface area contributed by atoms with Crippen molar-refractivity contribution in [1.82, 2.24) is 0 Å². The molecule has 98 valence electrons. The number of halogens is 1. The Kier molecular flexibility index (Phi) is 3.32. The van der Waals surface area contributed by atoms with Crippen LogP contribution in [0.25, 0.3) is 0 Å². The minimum Gasteiger partial charge on any atom is -0.371 e. The van der Waals surface area contributed by atoms with Crippen molar-refractivity contribution in [3.8, 4) is 0 Å². The molecule has 1 aliphatic heterocycles. The van der Waals surface area contributed by atoms with Gasteiger partial charge in [0.1, 0.15) is 11.9 Å². The fourth-order valence-electron chi connectivity index (χ4n) is 2.63. The minimum atomic E-state index is -0.484. The highest BCUT2D eigenvalue weighted by molar-refractivity contribution is 5.34. The third-order valence-corrected chi connectivity index (χ3v) is 3.62. The van der Waals surface area contributed by atoms with Crippen molar-refractivity contribution in [2.24, 2.45) is 5.73 Å². The molecule has 2 unspecified atom stereocenters. The zero-order valence-electron chi connectivity index (χ0n) is 10.6. The first-order valence-corrected chi connectivity index (χ1v) is 6.47. The van der Waals surface area contributed by atoms with Crippen LogP contribution >= 0.6 is 0 Å². The number of hydrogen-bond donors (Lipinski definition) is 1. The van der Waals surface area contributed by atoms with Gasteiger partial charge in [0.05, 0.1) is 12.6 Å². The van der Waals surface area contributed by atoms with E-state index in [9.17, 15) is 4.39 Å². The summed E-state index contributed by atoms with van der Waals surface area (Å²) in [5.41, 5.74) is 9.04. The lowest BCUT2D eigenvalue weighted by Gasteiger charge is -2.30. The predicted octanol–water partition coefficient (Wildman–Crippen LogP) is 3.14. The highest BCUT2D eigenvalue weighted by atomic mass is 19.1. The van der Waals surface area contributed by atoms with Crippen LogP contribution in [0.2, 0.25) is 0 Å². The quantitative estimate of drug-likeness (QED) is 0.897. The van der Waals surface area contributed by atoms with E-state index in [1.807, 2.05) is 18.2 Å². The maximum absolute atomic E-state index is 13.8. The third kappa shape index (κ3) is 2.27. The Morgan fingerprint density at radius 3 is 2.68 bits per heavy atom. The summed E-state index contributed by atoms with van der Waals surface area (Å²) >= 11 is 0. The lowest BCUT2D eigenvalue weighted by Crippen LogP contribution is -2.27. The molecule has 2 atom stereocenters. The van der Waals surface area contributed by atoms with Gasteiger partial charge >= 0.3 is 0 Å². The number of fused-ring (bicyclic) bond motifs is 1. The van der Waals surface area contributed by atoms with Crippen molar-refractivity contribution in [3.63, 3.8) is 0 Å². The molecule has 0 saturated carbocycles. The standard InChI is InChI=1S/C16H16FNO/c17-14-8-4-3-7-13(14)15(18)16-12-6-2-1-5-11(12)9-10-19-16/h1-8,15-16H,9-10,18H2. The number of hydrogen-bond acceptors (Lipinski definition) is 2. The van der Waals surface area contributed by atoms with E-state index in [-0.39, 0.29) is 11.9 Å². The van der Waals surface area contributed by atoms with E-state index in [1.165, 1.54) is 11.6 Å². The molecule has 0 saturated heterocycles. The summed E-state index contributed by atoms with van der Waals surface area (Å²) in [5.74, 6) is -0.276. The van der Waals surface area contributed by atoms with Gasteiger partial charge in [-0.15, -0.1) is 0 Å². The van der Waals surface area contributed by atoms with Gasteiger partial charge in [-0.05, 0) is 23.6 Å². The van der Waals surface area contributed by atoms with E-state index in [4.69, 9.17) is 10.5 Å². The molecular weight excluding hydrogens is 241 g/mol. The second kappa shape index (κ2) is 5.11. The maximum Gasteiger partial charge on any atom is 0.128 e. The SMILES string of the molecule is NC(c1ccccc1F)C1OCCc2ccccc21. The zero-order chi connectivity index (χ0) is 13.2. The van der Waals surface area contributed by atoms with E-state index in [2.05, 4.69) is 6.07 Å². The molecule has 2 aromatic rings. The fourth-order valence-corrected chi connectivity index (χ4v) is 2.63. The van der Waals surface area contributed by atoms with Gasteiger partial charge in [-0.1, -0.05) is 42.5 Å². The third-order valence-electron chi connectivity index (χ3n) is 3.62. The number of rotatable bonds is 2. The van der Waals surface area contributed by atoms with Gasteiger partial charge in [-0.3, -0.25) is 0 Å². The summed E-state index contributed by atoms with van der Waals surface area (Å²) in [7, 11) is 0. The molecule has 0 aromatic heterocycles. The molecule has 0 fully saturated rings. The molecule has 0 bridgehead atoms. The van der Waals surface area contributed by atoms with Gasteiger partial charge in [0.25, 0.3) is 0 Å². The monoisotopic (exact) mass is 257 g/mol. The normalized spacial score (nSPS) is 19.8. The van der Waals surface area contributed by atoms with Gasteiger partial charge in [-0.25, -0.2) is 4.39 Å². The Hall–Kier alpha value is -1.71. The molecule has 1 aliphatic rings. The lowest BCUT2D eigenvalue weighted by molar-refractivity contribution is 0.0234. The van der Waals surface area contributed by atoms with Crippen LogP contribution in [0.5, 0.6) is 0 Å². The Bertz CT molecular complexity index is 584. The van der Waals surface area contributed by atoms with Crippen molar-refractivity contribution in [2.45, 2.75) is 18.6 Å². The van der Waals surface area contributed by atoms with E-state index in [0.29, 0.717) is 12.2 Å². The van der Waals surface area contributed by atoms with Crippen molar-refractivity contribution in [3.05, 3.63) is 71.0 Å². The molecule has 1 heterocycles. The Labute approximate surface area is 112 Å². The van der Waals surface area contributed by atoms with Crippen LogP contribution in [0, 0.1) is 5.82 Å². The van der Waals surface area contributed by atoms with Crippen molar-refractivity contribution >= 4 is 0 Å². The van der Waals surface area contributed by atoms with Crippen LogP contribution in [-0.2, 0) is 11.2 Å². The van der Waals surface area contributed by atoms with Crippen molar-refractivity contribution in [1.29, 1.82) is 0 Å². The molecular formula is C16H16FNO. The van der Waals surface area contributed by atoms with Crippen molar-refractivity contribution in [2.75, 3.05) is 6.61 Å². The van der Waals surface area contributed by atoms with Crippen LogP contribution < -0.4 is 5.73 Å². The van der Waals surface area contributed by atoms with E-state index in [0.717, 1.165) is 12.0 Å². The van der Waals surface area contributed by atoms with Gasteiger partial charge < -0.3 is 10.5 Å². The van der Waals surface area contributed by atoms with Gasteiger partial charge in [-0.2, -0.15) is 0 Å². The smallest absolute Gasteiger partial charge is 0.128 e. The summed E-state index contributed by atoms with van der Waals surface area (Å²) in [6, 6.07) is 14.2. The molecule has 0 radical (unpaired) electrons. The van der Waals surface area contributed by atoms with Crippen LogP contribution in [-0.4, -0.2) is 6.61 Å². The van der Waals surface area contributed by atoms with Crippen LogP contribution in [0.15, 0.2) is 48.5 Å². The number of nitrogens with two attached hydrogens (primary N) is 1. The van der Waals surface area contributed by atoms with Gasteiger partial charge in [0.15, 0.2) is 0 Å². The maximum atomic E-state index is 13.8. The van der Waals surface area contributed by atoms with E-state index < -0.39 is 6.04 Å². The first-order valence-electron chi connectivity index (χ1n) is 6.47. The van der Waals surface area contributed by atoms with Crippen LogP contribution in [0.4, 0.5) is 4.39 Å². The molecule has 3 heteroatoms. The van der Waals surface area contributed by atoms with Crippen LogP contribution in [0.1, 0.15) is 28.8 Å². The van der Waals surface area contributed by atoms with Crippen molar-refractivity contribution < 1.29 is 9.13 Å². The molecule has 2 nitrogen and oxygen atoms in total. The molecule has 0 aliphatic carbocycles. The Balaban J connectivity index is 1.98. The molecule has 3 rings (SSSR count). The summed E-state index contributed by atoms with van der Waals surface area (Å²) in [6.07, 6.45) is 0.610. The lowest BCUT2D eigenvalue weighted by atomic mass is 9.90. The first kappa shape index (κ1) is 12.3. The second-order valence-electron chi connectivity index (χ2n) is 4.79. The number of benzene rings is 2. The average Bonchev–Trinajstić information content (AvgIpc) is 2.46. The molecule has 0 spiro atoms. The largest absolute Gasteiger partial charge is 0.371 e. The Morgan fingerprint density at radius 2 is 1.84 bits per heavy atom.